The van der Waals surface area contributed by atoms with Crippen molar-refractivity contribution in [3.05, 3.63) is 41.9 Å². The molecular formula is C13H14ClN3OS. The smallest absolute Gasteiger partial charge is 0.218 e. The van der Waals surface area contributed by atoms with E-state index in [0.717, 1.165) is 0 Å². The summed E-state index contributed by atoms with van der Waals surface area (Å²) in [5, 5.41) is 9.09. The van der Waals surface area contributed by atoms with E-state index in [1.54, 1.807) is 12.1 Å². The molecule has 1 aliphatic rings. The van der Waals surface area contributed by atoms with Crippen LogP contribution in [0, 0.1) is 0 Å². The van der Waals surface area contributed by atoms with Crippen molar-refractivity contribution in [1.82, 2.24) is 4.90 Å². The molecule has 1 aliphatic heterocycles. The van der Waals surface area contributed by atoms with Gasteiger partial charge in [0.1, 0.15) is 11.9 Å². The van der Waals surface area contributed by atoms with Crippen LogP contribution in [0.1, 0.15) is 6.92 Å². The maximum Gasteiger partial charge on any atom is 0.218 e. The molecule has 0 aromatic heterocycles. The Bertz CT molecular complexity index is 520. The van der Waals surface area contributed by atoms with Crippen LogP contribution in [0.4, 0.5) is 0 Å². The Labute approximate surface area is 122 Å². The van der Waals surface area contributed by atoms with Gasteiger partial charge in [0.2, 0.25) is 5.11 Å². The summed E-state index contributed by atoms with van der Waals surface area (Å²) in [4.78, 5) is 1.86. The van der Waals surface area contributed by atoms with Gasteiger partial charge in [-0.2, -0.15) is 5.11 Å². The summed E-state index contributed by atoms with van der Waals surface area (Å²) in [5.41, 5.74) is 0. The van der Waals surface area contributed by atoms with Gasteiger partial charge in [-0.3, -0.25) is 0 Å². The molecule has 2 rings (SSSR count). The number of hydrogen-bond acceptors (Lipinski definition) is 3. The van der Waals surface area contributed by atoms with Crippen LogP contribution >= 0.6 is 23.8 Å². The Balaban J connectivity index is 2.09. The van der Waals surface area contributed by atoms with E-state index in [9.17, 15) is 0 Å². The van der Waals surface area contributed by atoms with Crippen molar-refractivity contribution in [2.24, 2.45) is 10.2 Å². The predicted octanol–water partition coefficient (Wildman–Crippen LogP) is 3.67. The Kier molecular flexibility index (Phi) is 4.50. The molecule has 0 aliphatic carbocycles. The van der Waals surface area contributed by atoms with Crippen LogP contribution in [-0.2, 0) is 0 Å². The Morgan fingerprint density at radius 2 is 2.32 bits per heavy atom. The van der Waals surface area contributed by atoms with Crippen molar-refractivity contribution in [1.29, 1.82) is 0 Å². The van der Waals surface area contributed by atoms with E-state index in [4.69, 9.17) is 28.6 Å². The second-order valence-electron chi connectivity index (χ2n) is 4.11. The third-order valence-corrected chi connectivity index (χ3v) is 3.35. The lowest BCUT2D eigenvalue weighted by atomic mass is 10.2. The molecule has 0 saturated carbocycles. The van der Waals surface area contributed by atoms with Gasteiger partial charge in [-0.1, -0.05) is 29.8 Å². The standard InChI is InChI=1S/C13H14ClN3OS/c1-3-8-17-12(15-16-13(17)19)9(2)18-11-7-5-4-6-10(11)14/h3-7,9,12H,1,8H2,2H3. The zero-order chi connectivity index (χ0) is 13.8. The molecule has 0 fully saturated rings. The molecule has 0 radical (unpaired) electrons. The van der Waals surface area contributed by atoms with Crippen LogP contribution in [0.3, 0.4) is 0 Å². The topological polar surface area (TPSA) is 37.2 Å². The van der Waals surface area contributed by atoms with Gasteiger partial charge in [0, 0.05) is 6.54 Å². The molecule has 1 aromatic carbocycles. The molecule has 2 unspecified atom stereocenters. The fourth-order valence-electron chi connectivity index (χ4n) is 1.82. The summed E-state index contributed by atoms with van der Waals surface area (Å²) in [6.45, 7) is 6.21. The number of halogens is 1. The fourth-order valence-corrected chi connectivity index (χ4v) is 2.23. The van der Waals surface area contributed by atoms with Crippen molar-refractivity contribution >= 4 is 28.9 Å². The van der Waals surface area contributed by atoms with Crippen molar-refractivity contribution in [2.75, 3.05) is 6.54 Å². The first-order valence-electron chi connectivity index (χ1n) is 5.87. The second-order valence-corrected chi connectivity index (χ2v) is 4.88. The molecule has 1 heterocycles. The quantitative estimate of drug-likeness (QED) is 0.614. The zero-order valence-corrected chi connectivity index (χ0v) is 12.1. The fraction of sp³-hybridized carbons (Fsp3) is 0.308. The van der Waals surface area contributed by atoms with Gasteiger partial charge in [0.05, 0.1) is 5.02 Å². The summed E-state index contributed by atoms with van der Waals surface area (Å²) < 4.78 is 5.83. The number of rotatable bonds is 5. The maximum atomic E-state index is 6.07. The highest BCUT2D eigenvalue weighted by molar-refractivity contribution is 7.80. The molecule has 4 nitrogen and oxygen atoms in total. The maximum absolute atomic E-state index is 6.07. The normalized spacial score (nSPS) is 19.6. The number of azo groups is 1. The number of thiocarbonyl (C=S) groups is 1. The lowest BCUT2D eigenvalue weighted by molar-refractivity contribution is 0.136. The third kappa shape index (κ3) is 3.11. The third-order valence-electron chi connectivity index (χ3n) is 2.72. The minimum atomic E-state index is -0.248. The average molecular weight is 296 g/mol. The Morgan fingerprint density at radius 3 is 3.00 bits per heavy atom. The van der Waals surface area contributed by atoms with Gasteiger partial charge in [0.15, 0.2) is 6.17 Å². The van der Waals surface area contributed by atoms with Crippen LogP contribution in [0.2, 0.25) is 5.02 Å². The van der Waals surface area contributed by atoms with Gasteiger partial charge < -0.3 is 9.64 Å². The van der Waals surface area contributed by atoms with E-state index in [1.165, 1.54) is 0 Å². The summed E-state index contributed by atoms with van der Waals surface area (Å²) in [6.07, 6.45) is 1.29. The van der Waals surface area contributed by atoms with E-state index in [-0.39, 0.29) is 12.3 Å². The van der Waals surface area contributed by atoms with Crippen molar-refractivity contribution in [3.63, 3.8) is 0 Å². The predicted molar refractivity (Wildman–Crippen MR) is 79.7 cm³/mol. The summed E-state index contributed by atoms with van der Waals surface area (Å²) >= 11 is 11.2. The second kappa shape index (κ2) is 6.12. The molecule has 2 atom stereocenters. The van der Waals surface area contributed by atoms with E-state index in [1.807, 2.05) is 30.0 Å². The van der Waals surface area contributed by atoms with Crippen molar-refractivity contribution < 1.29 is 4.74 Å². The molecule has 0 spiro atoms. The van der Waals surface area contributed by atoms with E-state index >= 15 is 0 Å². The van der Waals surface area contributed by atoms with Crippen LogP contribution in [0.25, 0.3) is 0 Å². The van der Waals surface area contributed by atoms with Crippen LogP contribution in [0.5, 0.6) is 5.75 Å². The Hall–Kier alpha value is -1.46. The lowest BCUT2D eigenvalue weighted by Gasteiger charge is -2.27. The first-order chi connectivity index (χ1) is 9.13. The summed E-state index contributed by atoms with van der Waals surface area (Å²) in [7, 11) is 0. The highest BCUT2D eigenvalue weighted by atomic mass is 35.5. The molecule has 19 heavy (non-hydrogen) atoms. The summed E-state index contributed by atoms with van der Waals surface area (Å²) in [5.74, 6) is 0.628. The van der Waals surface area contributed by atoms with Gasteiger partial charge in [-0.05, 0) is 31.3 Å². The largest absolute Gasteiger partial charge is 0.485 e. The van der Waals surface area contributed by atoms with Crippen molar-refractivity contribution in [3.8, 4) is 5.75 Å². The molecular weight excluding hydrogens is 282 g/mol. The number of para-hydroxylation sites is 1. The minimum absolute atomic E-state index is 0.218. The van der Waals surface area contributed by atoms with Crippen LogP contribution < -0.4 is 4.74 Å². The first-order valence-corrected chi connectivity index (χ1v) is 6.65. The lowest BCUT2D eigenvalue weighted by Crippen LogP contribution is -2.42. The van der Waals surface area contributed by atoms with E-state index in [2.05, 4.69) is 16.8 Å². The summed E-state index contributed by atoms with van der Waals surface area (Å²) in [6, 6.07) is 7.33. The first kappa shape index (κ1) is 14.0. The SMILES string of the molecule is C=CCN1C(=S)N=NC1C(C)Oc1ccccc1Cl. The highest BCUT2D eigenvalue weighted by Crippen LogP contribution is 2.27. The molecule has 0 N–H and O–H groups in total. The number of benzene rings is 1. The van der Waals surface area contributed by atoms with Gasteiger partial charge in [0.25, 0.3) is 0 Å². The molecule has 100 valence electrons. The van der Waals surface area contributed by atoms with Gasteiger partial charge in [-0.15, -0.1) is 11.7 Å². The van der Waals surface area contributed by atoms with Gasteiger partial charge in [-0.25, -0.2) is 0 Å². The van der Waals surface area contributed by atoms with Crippen LogP contribution in [0.15, 0.2) is 47.1 Å². The van der Waals surface area contributed by atoms with E-state index < -0.39 is 0 Å². The number of hydrogen-bond donors (Lipinski definition) is 0. The minimum Gasteiger partial charge on any atom is -0.485 e. The molecule has 1 aromatic rings. The van der Waals surface area contributed by atoms with E-state index in [0.29, 0.717) is 22.4 Å². The highest BCUT2D eigenvalue weighted by Gasteiger charge is 2.31. The molecule has 0 bridgehead atoms. The zero-order valence-electron chi connectivity index (χ0n) is 10.5. The van der Waals surface area contributed by atoms with Crippen molar-refractivity contribution in [2.45, 2.75) is 19.2 Å². The van der Waals surface area contributed by atoms with Crippen LogP contribution in [-0.4, -0.2) is 28.8 Å². The Morgan fingerprint density at radius 1 is 1.58 bits per heavy atom. The molecule has 6 heteroatoms. The molecule has 0 amide bonds. The monoisotopic (exact) mass is 295 g/mol. The average Bonchev–Trinajstić information content (AvgIpc) is 2.75. The molecule has 0 saturated heterocycles. The number of nitrogens with zero attached hydrogens (tertiary/aromatic N) is 3. The number of ether oxygens (including phenoxy) is 1. The van der Waals surface area contributed by atoms with Gasteiger partial charge >= 0.3 is 0 Å².